The maximum Gasteiger partial charge on any atom is 0.126 e. The second-order valence-corrected chi connectivity index (χ2v) is 4.99. The molecule has 0 aliphatic carbocycles. The van der Waals surface area contributed by atoms with Crippen LogP contribution in [0.3, 0.4) is 0 Å². The van der Waals surface area contributed by atoms with E-state index in [0.29, 0.717) is 0 Å². The predicted octanol–water partition coefficient (Wildman–Crippen LogP) is 3.22. The van der Waals surface area contributed by atoms with Gasteiger partial charge in [-0.3, -0.25) is 0 Å². The van der Waals surface area contributed by atoms with E-state index in [2.05, 4.69) is 20.3 Å². The fourth-order valence-corrected chi connectivity index (χ4v) is 2.69. The molecule has 0 amide bonds. The molecule has 0 aliphatic rings. The molecule has 19 heavy (non-hydrogen) atoms. The summed E-state index contributed by atoms with van der Waals surface area (Å²) in [6.45, 7) is 0. The van der Waals surface area contributed by atoms with E-state index in [1.807, 2.05) is 43.4 Å². The van der Waals surface area contributed by atoms with E-state index in [0.717, 1.165) is 26.6 Å². The highest BCUT2D eigenvalue weighted by molar-refractivity contribution is 7.99. The van der Waals surface area contributed by atoms with Gasteiger partial charge in [-0.1, -0.05) is 30.0 Å². The van der Waals surface area contributed by atoms with Gasteiger partial charge in [-0.15, -0.1) is 0 Å². The molecular weight excluding hydrogens is 256 g/mol. The fraction of sp³-hybridized carbons (Fsp3) is 0.0714. The zero-order valence-electron chi connectivity index (χ0n) is 10.4. The number of hydrogen-bond acceptors (Lipinski definition) is 5. The van der Waals surface area contributed by atoms with Crippen LogP contribution < -0.4 is 5.32 Å². The molecule has 0 saturated carbocycles. The Hall–Kier alpha value is -2.14. The summed E-state index contributed by atoms with van der Waals surface area (Å²) in [7, 11) is 1.86. The van der Waals surface area contributed by atoms with Crippen LogP contribution in [0.25, 0.3) is 10.9 Å². The van der Waals surface area contributed by atoms with E-state index < -0.39 is 0 Å². The van der Waals surface area contributed by atoms with Gasteiger partial charge in [0.2, 0.25) is 0 Å². The Morgan fingerprint density at radius 1 is 1.05 bits per heavy atom. The van der Waals surface area contributed by atoms with Gasteiger partial charge in [-0.25, -0.2) is 15.0 Å². The smallest absolute Gasteiger partial charge is 0.126 e. The third-order valence-corrected chi connectivity index (χ3v) is 3.72. The maximum absolute atomic E-state index is 4.37. The Bertz CT molecular complexity index is 709. The SMILES string of the molecule is CNc1cc(Sc2ncnc3ccccc23)ccn1. The highest BCUT2D eigenvalue weighted by Crippen LogP contribution is 2.31. The molecule has 3 rings (SSSR count). The topological polar surface area (TPSA) is 50.7 Å². The number of hydrogen-bond donors (Lipinski definition) is 1. The third kappa shape index (κ3) is 2.51. The summed E-state index contributed by atoms with van der Waals surface area (Å²) in [5.41, 5.74) is 0.961. The quantitative estimate of drug-likeness (QED) is 0.739. The number of pyridine rings is 1. The van der Waals surface area contributed by atoms with Crippen molar-refractivity contribution in [1.82, 2.24) is 15.0 Å². The zero-order valence-corrected chi connectivity index (χ0v) is 11.2. The molecule has 0 aliphatic heterocycles. The van der Waals surface area contributed by atoms with Crippen molar-refractivity contribution >= 4 is 28.5 Å². The van der Waals surface area contributed by atoms with Crippen molar-refractivity contribution in [2.24, 2.45) is 0 Å². The van der Waals surface area contributed by atoms with E-state index in [4.69, 9.17) is 0 Å². The standard InChI is InChI=1S/C14H12N4S/c1-15-13-8-10(6-7-16-13)19-14-11-4-2-3-5-12(11)17-9-18-14/h2-9H,1H3,(H,15,16). The Kier molecular flexibility index (Phi) is 3.29. The molecule has 1 N–H and O–H groups in total. The predicted molar refractivity (Wildman–Crippen MR) is 77.4 cm³/mol. The number of rotatable bonds is 3. The first-order valence-electron chi connectivity index (χ1n) is 5.88. The lowest BCUT2D eigenvalue weighted by molar-refractivity contribution is 1.10. The van der Waals surface area contributed by atoms with Crippen LogP contribution in [0.1, 0.15) is 0 Å². The van der Waals surface area contributed by atoms with Crippen LogP contribution in [-0.2, 0) is 0 Å². The molecule has 0 saturated heterocycles. The first-order valence-corrected chi connectivity index (χ1v) is 6.70. The number of para-hydroxylation sites is 1. The van der Waals surface area contributed by atoms with E-state index in [1.165, 1.54) is 0 Å². The van der Waals surface area contributed by atoms with E-state index in [-0.39, 0.29) is 0 Å². The number of aromatic nitrogens is 3. The number of nitrogens with zero attached hydrogens (tertiary/aromatic N) is 3. The van der Waals surface area contributed by atoms with Crippen molar-refractivity contribution in [3.05, 3.63) is 48.9 Å². The Balaban J connectivity index is 2.01. The Morgan fingerprint density at radius 3 is 2.84 bits per heavy atom. The molecule has 1 aromatic carbocycles. The molecule has 94 valence electrons. The Labute approximate surface area is 115 Å². The van der Waals surface area contributed by atoms with Crippen LogP contribution in [0.5, 0.6) is 0 Å². The van der Waals surface area contributed by atoms with Crippen molar-refractivity contribution in [2.45, 2.75) is 9.92 Å². The molecule has 0 radical (unpaired) electrons. The van der Waals surface area contributed by atoms with E-state index in [1.54, 1.807) is 24.3 Å². The van der Waals surface area contributed by atoms with Gasteiger partial charge >= 0.3 is 0 Å². The Morgan fingerprint density at radius 2 is 1.95 bits per heavy atom. The minimum Gasteiger partial charge on any atom is -0.373 e. The van der Waals surface area contributed by atoms with Crippen LogP contribution in [0.15, 0.2) is 58.8 Å². The molecule has 0 bridgehead atoms. The molecule has 2 aromatic heterocycles. The first kappa shape index (κ1) is 11.9. The van der Waals surface area contributed by atoms with Gasteiger partial charge in [-0.2, -0.15) is 0 Å². The molecule has 0 atom stereocenters. The minimum absolute atomic E-state index is 0.850. The summed E-state index contributed by atoms with van der Waals surface area (Å²) in [5, 5.41) is 5.06. The summed E-state index contributed by atoms with van der Waals surface area (Å²) >= 11 is 1.62. The van der Waals surface area contributed by atoms with Crippen molar-refractivity contribution in [3.63, 3.8) is 0 Å². The normalized spacial score (nSPS) is 10.6. The van der Waals surface area contributed by atoms with Gasteiger partial charge in [0, 0.05) is 23.5 Å². The van der Waals surface area contributed by atoms with Gasteiger partial charge < -0.3 is 5.32 Å². The van der Waals surface area contributed by atoms with Crippen molar-refractivity contribution in [2.75, 3.05) is 12.4 Å². The lowest BCUT2D eigenvalue weighted by Gasteiger charge is -2.05. The minimum atomic E-state index is 0.850. The molecule has 5 heteroatoms. The summed E-state index contributed by atoms with van der Waals surface area (Å²) in [5.74, 6) is 0.850. The molecule has 0 unspecified atom stereocenters. The third-order valence-electron chi connectivity index (χ3n) is 2.71. The van der Waals surface area contributed by atoms with Gasteiger partial charge in [-0.05, 0) is 18.2 Å². The van der Waals surface area contributed by atoms with Crippen LogP contribution >= 0.6 is 11.8 Å². The molecule has 2 heterocycles. The number of benzene rings is 1. The monoisotopic (exact) mass is 268 g/mol. The second-order valence-electron chi connectivity index (χ2n) is 3.92. The average Bonchev–Trinajstić information content (AvgIpc) is 2.48. The molecular formula is C14H12N4S. The lowest BCUT2D eigenvalue weighted by atomic mass is 10.2. The molecule has 3 aromatic rings. The first-order chi connectivity index (χ1) is 9.36. The summed E-state index contributed by atoms with van der Waals surface area (Å²) < 4.78 is 0. The number of nitrogens with one attached hydrogen (secondary N) is 1. The van der Waals surface area contributed by atoms with Crippen LogP contribution in [0.4, 0.5) is 5.82 Å². The maximum atomic E-state index is 4.37. The van der Waals surface area contributed by atoms with Crippen molar-refractivity contribution in [3.8, 4) is 0 Å². The molecule has 0 fully saturated rings. The van der Waals surface area contributed by atoms with Gasteiger partial charge in [0.1, 0.15) is 17.2 Å². The zero-order chi connectivity index (χ0) is 13.1. The average molecular weight is 268 g/mol. The summed E-state index contributed by atoms with van der Waals surface area (Å²) in [4.78, 5) is 13.9. The lowest BCUT2D eigenvalue weighted by Crippen LogP contribution is -1.91. The highest BCUT2D eigenvalue weighted by atomic mass is 32.2. The van der Waals surface area contributed by atoms with Gasteiger partial charge in [0.25, 0.3) is 0 Å². The van der Waals surface area contributed by atoms with Crippen LogP contribution in [-0.4, -0.2) is 22.0 Å². The number of fused-ring (bicyclic) bond motifs is 1. The fourth-order valence-electron chi connectivity index (χ4n) is 1.78. The molecule has 0 spiro atoms. The summed E-state index contributed by atoms with van der Waals surface area (Å²) in [6, 6.07) is 12.0. The van der Waals surface area contributed by atoms with Crippen LogP contribution in [0, 0.1) is 0 Å². The number of anilines is 1. The second kappa shape index (κ2) is 5.24. The van der Waals surface area contributed by atoms with Gasteiger partial charge in [0.05, 0.1) is 5.52 Å². The summed E-state index contributed by atoms with van der Waals surface area (Å²) in [6.07, 6.45) is 3.39. The van der Waals surface area contributed by atoms with E-state index in [9.17, 15) is 0 Å². The van der Waals surface area contributed by atoms with Gasteiger partial charge in [0.15, 0.2) is 0 Å². The van der Waals surface area contributed by atoms with E-state index >= 15 is 0 Å². The van der Waals surface area contributed by atoms with Crippen LogP contribution in [0.2, 0.25) is 0 Å². The van der Waals surface area contributed by atoms with Crippen molar-refractivity contribution < 1.29 is 0 Å². The van der Waals surface area contributed by atoms with Crippen molar-refractivity contribution in [1.29, 1.82) is 0 Å². The molecule has 4 nitrogen and oxygen atoms in total. The largest absolute Gasteiger partial charge is 0.373 e. The highest BCUT2D eigenvalue weighted by Gasteiger charge is 2.05.